The lowest BCUT2D eigenvalue weighted by molar-refractivity contribution is -0.119. The molecule has 1 aromatic rings. The first kappa shape index (κ1) is 13.1. The van der Waals surface area contributed by atoms with Crippen molar-refractivity contribution >= 4 is 11.6 Å². The Morgan fingerprint density at radius 1 is 1.39 bits per heavy atom. The van der Waals surface area contributed by atoms with E-state index in [4.69, 9.17) is 0 Å². The molecule has 2 unspecified atom stereocenters. The summed E-state index contributed by atoms with van der Waals surface area (Å²) in [4.78, 5) is 12.3. The number of nitrogens with one attached hydrogen (secondary N) is 2. The maximum atomic E-state index is 12.3. The number of piperidine rings is 1. The summed E-state index contributed by atoms with van der Waals surface area (Å²) >= 11 is 0. The fourth-order valence-corrected chi connectivity index (χ4v) is 2.48. The Morgan fingerprint density at radius 2 is 2.17 bits per heavy atom. The highest BCUT2D eigenvalue weighted by Gasteiger charge is 2.27. The smallest absolute Gasteiger partial charge is 0.241 e. The van der Waals surface area contributed by atoms with Crippen LogP contribution in [-0.2, 0) is 4.79 Å². The zero-order chi connectivity index (χ0) is 13.1. The highest BCUT2D eigenvalue weighted by Crippen LogP contribution is 2.20. The van der Waals surface area contributed by atoms with Gasteiger partial charge in [-0.15, -0.1) is 0 Å². The first-order chi connectivity index (χ1) is 8.58. The Balaban J connectivity index is 2.08. The van der Waals surface area contributed by atoms with Crippen molar-refractivity contribution in [3.63, 3.8) is 0 Å². The van der Waals surface area contributed by atoms with E-state index in [-0.39, 0.29) is 11.9 Å². The van der Waals surface area contributed by atoms with Gasteiger partial charge in [0.15, 0.2) is 0 Å². The second-order valence-electron chi connectivity index (χ2n) is 5.36. The lowest BCUT2D eigenvalue weighted by Gasteiger charge is -2.29. The van der Waals surface area contributed by atoms with Crippen LogP contribution in [-0.4, -0.2) is 18.5 Å². The monoisotopic (exact) mass is 246 g/mol. The summed E-state index contributed by atoms with van der Waals surface area (Å²) in [7, 11) is 0. The minimum Gasteiger partial charge on any atom is -0.324 e. The summed E-state index contributed by atoms with van der Waals surface area (Å²) in [6.45, 7) is 7.14. The molecule has 1 aromatic carbocycles. The maximum Gasteiger partial charge on any atom is 0.241 e. The largest absolute Gasteiger partial charge is 0.324 e. The molecule has 0 aliphatic carbocycles. The summed E-state index contributed by atoms with van der Waals surface area (Å²) in [5.74, 6) is 0.500. The molecule has 1 aliphatic heterocycles. The van der Waals surface area contributed by atoms with E-state index < -0.39 is 0 Å². The quantitative estimate of drug-likeness (QED) is 0.842. The summed E-state index contributed by atoms with van der Waals surface area (Å²) in [5, 5.41) is 6.36. The Labute approximate surface area is 109 Å². The van der Waals surface area contributed by atoms with Crippen LogP contribution in [0.15, 0.2) is 18.2 Å². The molecule has 0 radical (unpaired) electrons. The van der Waals surface area contributed by atoms with E-state index in [1.807, 2.05) is 26.0 Å². The van der Waals surface area contributed by atoms with Crippen molar-refractivity contribution in [3.05, 3.63) is 29.3 Å². The standard InChI is InChI=1S/C15H22N2O/c1-10-6-7-11(2)13(9-10)17-15(18)14-12(3)5-4-8-16-14/h6-7,9,12,14,16H,4-5,8H2,1-3H3,(H,17,18). The SMILES string of the molecule is Cc1ccc(C)c(NC(=O)C2NCCCC2C)c1. The van der Waals surface area contributed by atoms with Crippen LogP contribution in [0.3, 0.4) is 0 Å². The first-order valence-electron chi connectivity index (χ1n) is 6.69. The van der Waals surface area contributed by atoms with Gasteiger partial charge in [0, 0.05) is 5.69 Å². The molecule has 98 valence electrons. The van der Waals surface area contributed by atoms with Crippen molar-refractivity contribution in [2.24, 2.45) is 5.92 Å². The van der Waals surface area contributed by atoms with E-state index >= 15 is 0 Å². The van der Waals surface area contributed by atoms with Crippen molar-refractivity contribution in [2.75, 3.05) is 11.9 Å². The van der Waals surface area contributed by atoms with E-state index in [1.54, 1.807) is 0 Å². The van der Waals surface area contributed by atoms with Crippen molar-refractivity contribution in [3.8, 4) is 0 Å². The average Bonchev–Trinajstić information content (AvgIpc) is 2.34. The number of rotatable bonds is 2. The number of hydrogen-bond acceptors (Lipinski definition) is 2. The second kappa shape index (κ2) is 5.53. The summed E-state index contributed by atoms with van der Waals surface area (Å²) in [6, 6.07) is 6.08. The molecule has 3 heteroatoms. The normalized spacial score (nSPS) is 23.7. The molecule has 1 heterocycles. The van der Waals surface area contributed by atoms with Gasteiger partial charge in [-0.3, -0.25) is 4.79 Å². The predicted octanol–water partition coefficient (Wildman–Crippen LogP) is 2.63. The zero-order valence-electron chi connectivity index (χ0n) is 11.4. The topological polar surface area (TPSA) is 41.1 Å². The van der Waals surface area contributed by atoms with Gasteiger partial charge in [-0.25, -0.2) is 0 Å². The fraction of sp³-hybridized carbons (Fsp3) is 0.533. The number of aryl methyl sites for hydroxylation is 2. The van der Waals surface area contributed by atoms with Crippen LogP contribution < -0.4 is 10.6 Å². The average molecular weight is 246 g/mol. The molecule has 0 saturated carbocycles. The summed E-state index contributed by atoms with van der Waals surface area (Å²) in [5.41, 5.74) is 3.21. The van der Waals surface area contributed by atoms with E-state index in [0.717, 1.165) is 30.6 Å². The molecular weight excluding hydrogens is 224 g/mol. The number of amides is 1. The number of hydrogen-bond donors (Lipinski definition) is 2. The summed E-state index contributed by atoms with van der Waals surface area (Å²) in [6.07, 6.45) is 2.28. The number of benzene rings is 1. The molecule has 2 rings (SSSR count). The van der Waals surface area contributed by atoms with Crippen LogP contribution >= 0.6 is 0 Å². The van der Waals surface area contributed by atoms with Crippen molar-refractivity contribution in [1.29, 1.82) is 0 Å². The molecule has 1 amide bonds. The van der Waals surface area contributed by atoms with Gasteiger partial charge < -0.3 is 10.6 Å². The van der Waals surface area contributed by atoms with Gasteiger partial charge in [-0.05, 0) is 56.3 Å². The number of anilines is 1. The minimum atomic E-state index is -0.0568. The Kier molecular flexibility index (Phi) is 4.02. The van der Waals surface area contributed by atoms with Gasteiger partial charge in [0.1, 0.15) is 0 Å². The van der Waals surface area contributed by atoms with Gasteiger partial charge in [0.2, 0.25) is 5.91 Å². The van der Waals surface area contributed by atoms with Crippen LogP contribution in [0.25, 0.3) is 0 Å². The molecule has 0 aromatic heterocycles. The molecule has 0 bridgehead atoms. The van der Waals surface area contributed by atoms with Crippen LogP contribution in [0.4, 0.5) is 5.69 Å². The number of carbonyl (C=O) groups excluding carboxylic acids is 1. The first-order valence-corrected chi connectivity index (χ1v) is 6.69. The van der Waals surface area contributed by atoms with E-state index in [9.17, 15) is 4.79 Å². The highest BCUT2D eigenvalue weighted by molar-refractivity contribution is 5.95. The molecule has 0 spiro atoms. The van der Waals surface area contributed by atoms with Gasteiger partial charge in [0.25, 0.3) is 0 Å². The van der Waals surface area contributed by atoms with Crippen LogP contribution in [0, 0.1) is 19.8 Å². The lowest BCUT2D eigenvalue weighted by atomic mass is 9.92. The van der Waals surface area contributed by atoms with Crippen molar-refractivity contribution in [1.82, 2.24) is 5.32 Å². The molecule has 1 saturated heterocycles. The second-order valence-corrected chi connectivity index (χ2v) is 5.36. The molecular formula is C15H22N2O. The fourth-order valence-electron chi connectivity index (χ4n) is 2.48. The van der Waals surface area contributed by atoms with Crippen LogP contribution in [0.1, 0.15) is 30.9 Å². The lowest BCUT2D eigenvalue weighted by Crippen LogP contribution is -2.48. The van der Waals surface area contributed by atoms with Gasteiger partial charge in [-0.1, -0.05) is 19.1 Å². The molecule has 1 aliphatic rings. The third-order valence-electron chi connectivity index (χ3n) is 3.70. The van der Waals surface area contributed by atoms with Crippen molar-refractivity contribution in [2.45, 2.75) is 39.7 Å². The maximum absolute atomic E-state index is 12.3. The zero-order valence-corrected chi connectivity index (χ0v) is 11.4. The molecule has 2 atom stereocenters. The molecule has 1 fully saturated rings. The van der Waals surface area contributed by atoms with E-state index in [1.165, 1.54) is 5.56 Å². The van der Waals surface area contributed by atoms with Crippen LogP contribution in [0.2, 0.25) is 0 Å². The Hall–Kier alpha value is -1.35. The third kappa shape index (κ3) is 2.91. The summed E-state index contributed by atoms with van der Waals surface area (Å²) < 4.78 is 0. The molecule has 3 nitrogen and oxygen atoms in total. The van der Waals surface area contributed by atoms with Crippen LogP contribution in [0.5, 0.6) is 0 Å². The third-order valence-corrected chi connectivity index (χ3v) is 3.70. The highest BCUT2D eigenvalue weighted by atomic mass is 16.2. The number of carbonyl (C=O) groups is 1. The van der Waals surface area contributed by atoms with Gasteiger partial charge >= 0.3 is 0 Å². The van der Waals surface area contributed by atoms with Gasteiger partial charge in [0.05, 0.1) is 6.04 Å². The minimum absolute atomic E-state index is 0.0568. The van der Waals surface area contributed by atoms with E-state index in [0.29, 0.717) is 5.92 Å². The molecule has 18 heavy (non-hydrogen) atoms. The Bertz CT molecular complexity index is 442. The van der Waals surface area contributed by atoms with E-state index in [2.05, 4.69) is 23.6 Å². The van der Waals surface area contributed by atoms with Gasteiger partial charge in [-0.2, -0.15) is 0 Å². The molecule has 2 N–H and O–H groups in total. The Morgan fingerprint density at radius 3 is 2.89 bits per heavy atom. The van der Waals surface area contributed by atoms with Crippen molar-refractivity contribution < 1.29 is 4.79 Å². The predicted molar refractivity (Wildman–Crippen MR) is 74.7 cm³/mol.